The van der Waals surface area contributed by atoms with Crippen LogP contribution in [0, 0.1) is 0 Å². The van der Waals surface area contributed by atoms with Crippen LogP contribution < -0.4 is 0 Å². The molecule has 0 atom stereocenters. The molecule has 0 N–H and O–H groups in total. The Kier molecular flexibility index (Phi) is 16.5. The van der Waals surface area contributed by atoms with Gasteiger partial charge in [-0.25, -0.2) is 0 Å². The number of unbranched alkanes of at least 4 members (excludes halogenated alkanes) is 6. The van der Waals surface area contributed by atoms with E-state index in [9.17, 15) is 0 Å². The first-order chi connectivity index (χ1) is 4.41. The zero-order chi connectivity index (χ0) is 6.95. The molecule has 0 nitrogen and oxygen atoms in total. The summed E-state index contributed by atoms with van der Waals surface area (Å²) in [5, 5.41) is 0. The van der Waals surface area contributed by atoms with Gasteiger partial charge in [0.1, 0.15) is 0 Å². The average Bonchev–Trinajstić information content (AvgIpc) is 1.89. The number of halogens is 1. The van der Waals surface area contributed by atoms with E-state index >= 15 is 0 Å². The molecule has 0 saturated heterocycles. The molecule has 0 unspecified atom stereocenters. The topological polar surface area (TPSA) is 0 Å². The molecule has 0 aromatic rings. The minimum absolute atomic E-state index is 0. The summed E-state index contributed by atoms with van der Waals surface area (Å²) in [5.41, 5.74) is 0. The van der Waals surface area contributed by atoms with Crippen LogP contribution in [-0.4, -0.2) is 0 Å². The van der Waals surface area contributed by atoms with Crippen LogP contribution >= 0.6 is 24.0 Å². The van der Waals surface area contributed by atoms with Crippen LogP contribution in [0.2, 0.25) is 0 Å². The van der Waals surface area contributed by atoms with Gasteiger partial charge in [0.25, 0.3) is 0 Å². The summed E-state index contributed by atoms with van der Waals surface area (Å²) in [4.78, 5) is 0. The fourth-order valence-corrected chi connectivity index (χ4v) is 1.03. The molecular weight excluding hydrogens is 235 g/mol. The molecule has 0 radical (unpaired) electrons. The number of hydrogen-bond donors (Lipinski definition) is 0. The van der Waals surface area contributed by atoms with Gasteiger partial charge in [0.05, 0.1) is 0 Å². The molecule has 64 valence electrons. The summed E-state index contributed by atoms with van der Waals surface area (Å²) in [7, 11) is 0. The second-order valence-electron chi connectivity index (χ2n) is 2.77. The second kappa shape index (κ2) is 12.4. The van der Waals surface area contributed by atoms with Crippen molar-refractivity contribution in [1.82, 2.24) is 0 Å². The predicted octanol–water partition coefficient (Wildman–Crippen LogP) is 4.37. The normalized spacial score (nSPS) is 9.00. The van der Waals surface area contributed by atoms with E-state index in [1.807, 2.05) is 0 Å². The van der Waals surface area contributed by atoms with Gasteiger partial charge in [0.2, 0.25) is 0 Å². The monoisotopic (exact) mass is 256 g/mol. The minimum atomic E-state index is 0. The Hall–Kier alpha value is 0.730. The third-order valence-electron chi connectivity index (χ3n) is 1.71. The predicted molar refractivity (Wildman–Crippen MR) is 59.1 cm³/mol. The Bertz CT molecular complexity index is 38.0. The van der Waals surface area contributed by atoms with Crippen LogP contribution in [0.5, 0.6) is 0 Å². The third-order valence-corrected chi connectivity index (χ3v) is 1.71. The summed E-state index contributed by atoms with van der Waals surface area (Å²) in [6.45, 7) is 4.53. The van der Waals surface area contributed by atoms with E-state index in [4.69, 9.17) is 0 Å². The highest BCUT2D eigenvalue weighted by atomic mass is 127. The lowest BCUT2D eigenvalue weighted by molar-refractivity contribution is 0.602. The van der Waals surface area contributed by atoms with Crippen molar-refractivity contribution in [1.29, 1.82) is 0 Å². The largest absolute Gasteiger partial charge is 0.107 e. The minimum Gasteiger partial charge on any atom is -0.107 e. The molecule has 0 amide bonds. The van der Waals surface area contributed by atoms with Gasteiger partial charge in [-0.1, -0.05) is 58.8 Å². The maximum Gasteiger partial charge on any atom is -0.0533 e. The lowest BCUT2D eigenvalue weighted by Gasteiger charge is -1.96. The first-order valence-electron chi connectivity index (χ1n) is 4.41. The summed E-state index contributed by atoms with van der Waals surface area (Å²) < 4.78 is 0. The van der Waals surface area contributed by atoms with Crippen molar-refractivity contribution in [3.05, 3.63) is 0 Å². The van der Waals surface area contributed by atoms with Gasteiger partial charge in [-0.2, -0.15) is 0 Å². The van der Waals surface area contributed by atoms with Crippen molar-refractivity contribution in [2.24, 2.45) is 0 Å². The van der Waals surface area contributed by atoms with Gasteiger partial charge >= 0.3 is 0 Å². The number of hydrogen-bond acceptors (Lipinski definition) is 0. The zero-order valence-corrected chi connectivity index (χ0v) is 9.69. The van der Waals surface area contributed by atoms with Crippen LogP contribution in [0.25, 0.3) is 0 Å². The van der Waals surface area contributed by atoms with Gasteiger partial charge in [-0.3, -0.25) is 0 Å². The smallest absolute Gasteiger partial charge is 0.0533 e. The fourth-order valence-electron chi connectivity index (χ4n) is 1.03. The molecule has 0 heterocycles. The lowest BCUT2D eigenvalue weighted by Crippen LogP contribution is -1.76. The second-order valence-corrected chi connectivity index (χ2v) is 2.77. The van der Waals surface area contributed by atoms with Crippen molar-refractivity contribution >= 4 is 24.0 Å². The number of rotatable bonds is 6. The van der Waals surface area contributed by atoms with Crippen molar-refractivity contribution < 1.29 is 0 Å². The molecule has 0 fully saturated rings. The molecule has 0 rings (SSSR count). The SMILES string of the molecule is CCCCCCCCC.I. The van der Waals surface area contributed by atoms with E-state index in [1.165, 1.54) is 44.9 Å². The van der Waals surface area contributed by atoms with Crippen molar-refractivity contribution in [2.45, 2.75) is 58.8 Å². The first-order valence-corrected chi connectivity index (χ1v) is 4.41. The third kappa shape index (κ3) is 11.5. The quantitative estimate of drug-likeness (QED) is 0.489. The Morgan fingerprint density at radius 2 is 0.900 bits per heavy atom. The van der Waals surface area contributed by atoms with E-state index in [0.717, 1.165) is 0 Å². The Morgan fingerprint density at radius 1 is 0.600 bits per heavy atom. The van der Waals surface area contributed by atoms with Crippen LogP contribution in [-0.2, 0) is 0 Å². The van der Waals surface area contributed by atoms with E-state index in [0.29, 0.717) is 0 Å². The standard InChI is InChI=1S/C9H20.HI/c1-3-5-7-9-8-6-4-2;/h3-9H2,1-2H3;1H. The van der Waals surface area contributed by atoms with E-state index in [2.05, 4.69) is 13.8 Å². The fraction of sp³-hybridized carbons (Fsp3) is 1.00. The summed E-state index contributed by atoms with van der Waals surface area (Å²) in [6, 6.07) is 0. The Morgan fingerprint density at radius 3 is 1.20 bits per heavy atom. The highest BCUT2D eigenvalue weighted by Gasteiger charge is 1.85. The zero-order valence-electron chi connectivity index (χ0n) is 7.36. The van der Waals surface area contributed by atoms with E-state index < -0.39 is 0 Å². The molecule has 0 aliphatic heterocycles. The van der Waals surface area contributed by atoms with Crippen LogP contribution in [0.15, 0.2) is 0 Å². The van der Waals surface area contributed by atoms with Crippen molar-refractivity contribution in [2.75, 3.05) is 0 Å². The molecule has 1 heteroatoms. The summed E-state index contributed by atoms with van der Waals surface area (Å²) in [6.07, 6.45) is 9.97. The van der Waals surface area contributed by atoms with Gasteiger partial charge < -0.3 is 0 Å². The van der Waals surface area contributed by atoms with Gasteiger partial charge in [-0.15, -0.1) is 24.0 Å². The van der Waals surface area contributed by atoms with Crippen molar-refractivity contribution in [3.63, 3.8) is 0 Å². The molecule has 0 aliphatic carbocycles. The highest BCUT2D eigenvalue weighted by Crippen LogP contribution is 2.05. The van der Waals surface area contributed by atoms with E-state index in [1.54, 1.807) is 0 Å². The van der Waals surface area contributed by atoms with Crippen LogP contribution in [0.1, 0.15) is 58.8 Å². The molecule has 0 spiro atoms. The lowest BCUT2D eigenvalue weighted by atomic mass is 10.1. The molecule has 10 heavy (non-hydrogen) atoms. The van der Waals surface area contributed by atoms with Gasteiger partial charge in [0, 0.05) is 0 Å². The van der Waals surface area contributed by atoms with Gasteiger partial charge in [0.15, 0.2) is 0 Å². The Labute approximate surface area is 82.8 Å². The molecule has 0 aromatic heterocycles. The molecular formula is C9H21I. The molecule has 0 aliphatic rings. The first kappa shape index (κ1) is 13.3. The van der Waals surface area contributed by atoms with Crippen LogP contribution in [0.4, 0.5) is 0 Å². The average molecular weight is 256 g/mol. The van der Waals surface area contributed by atoms with Gasteiger partial charge in [-0.05, 0) is 0 Å². The Balaban J connectivity index is 0. The highest BCUT2D eigenvalue weighted by molar-refractivity contribution is 14.0. The summed E-state index contributed by atoms with van der Waals surface area (Å²) >= 11 is 0. The maximum atomic E-state index is 2.26. The molecule has 0 saturated carbocycles. The molecule has 0 bridgehead atoms. The molecule has 0 aromatic carbocycles. The van der Waals surface area contributed by atoms with E-state index in [-0.39, 0.29) is 24.0 Å². The van der Waals surface area contributed by atoms with Crippen LogP contribution in [0.3, 0.4) is 0 Å². The van der Waals surface area contributed by atoms with Crippen molar-refractivity contribution in [3.8, 4) is 0 Å². The maximum absolute atomic E-state index is 2.26. The summed E-state index contributed by atoms with van der Waals surface area (Å²) in [5.74, 6) is 0.